The van der Waals surface area contributed by atoms with E-state index in [4.69, 9.17) is 4.74 Å². The second kappa shape index (κ2) is 5.93. The Morgan fingerprint density at radius 1 is 1.12 bits per heavy atom. The SMILES string of the molecule is COC(=O)C1CC[C@H]2[C@@H]3CC[C@H]4N(C)C(=O)C(F)C[C@]4(C)C3CC[C@]12C. The fraction of sp³-hybridized carbons (Fsp3) is 0.905. The van der Waals surface area contributed by atoms with Crippen molar-refractivity contribution in [3.05, 3.63) is 0 Å². The predicted octanol–water partition coefficient (Wildman–Crippen LogP) is 3.59. The van der Waals surface area contributed by atoms with Crippen molar-refractivity contribution < 1.29 is 18.7 Å². The fourth-order valence-corrected chi connectivity index (χ4v) is 7.74. The fourth-order valence-electron chi connectivity index (χ4n) is 7.74. The number of rotatable bonds is 1. The van der Waals surface area contributed by atoms with E-state index in [9.17, 15) is 14.0 Å². The average molecular weight is 365 g/mol. The van der Waals surface area contributed by atoms with Crippen molar-refractivity contribution in [1.29, 1.82) is 0 Å². The molecule has 1 heterocycles. The molecule has 5 heteroatoms. The van der Waals surface area contributed by atoms with E-state index in [1.165, 1.54) is 7.11 Å². The van der Waals surface area contributed by atoms with Crippen LogP contribution in [-0.2, 0) is 14.3 Å². The maximum Gasteiger partial charge on any atom is 0.309 e. The zero-order valence-corrected chi connectivity index (χ0v) is 16.5. The standard InChI is InChI=1S/C21H32FNO3/c1-20-10-9-14-12(13(20)6-7-15(20)19(25)26-4)5-8-17-21(14,2)11-16(22)18(24)23(17)3/h12-17H,5-11H2,1-4H3/t12-,13-,14?,15?,16?,17+,20-,21+/m0/s1. The van der Waals surface area contributed by atoms with E-state index in [2.05, 4.69) is 13.8 Å². The number of fused-ring (bicyclic) bond motifs is 5. The van der Waals surface area contributed by atoms with Gasteiger partial charge in [-0.2, -0.15) is 0 Å². The number of halogens is 1. The van der Waals surface area contributed by atoms with Crippen molar-refractivity contribution in [2.75, 3.05) is 14.2 Å². The van der Waals surface area contributed by atoms with Crippen molar-refractivity contribution in [3.8, 4) is 0 Å². The highest BCUT2D eigenvalue weighted by molar-refractivity contribution is 5.82. The minimum atomic E-state index is -1.36. The number of hydrogen-bond donors (Lipinski definition) is 0. The number of piperidine rings is 1. The van der Waals surface area contributed by atoms with Gasteiger partial charge in [0.05, 0.1) is 13.0 Å². The smallest absolute Gasteiger partial charge is 0.309 e. The van der Waals surface area contributed by atoms with Gasteiger partial charge in [-0.3, -0.25) is 9.59 Å². The van der Waals surface area contributed by atoms with Gasteiger partial charge in [-0.1, -0.05) is 13.8 Å². The van der Waals surface area contributed by atoms with Crippen molar-refractivity contribution in [3.63, 3.8) is 0 Å². The normalized spacial score (nSPS) is 50.7. The third-order valence-corrected chi connectivity index (χ3v) is 9.01. The van der Waals surface area contributed by atoms with Gasteiger partial charge in [-0.05, 0) is 73.5 Å². The summed E-state index contributed by atoms with van der Waals surface area (Å²) in [6.45, 7) is 4.50. The molecule has 0 radical (unpaired) electrons. The second-order valence-electron chi connectivity index (χ2n) is 9.79. The van der Waals surface area contributed by atoms with Crippen molar-refractivity contribution >= 4 is 11.9 Å². The van der Waals surface area contributed by atoms with Gasteiger partial charge in [-0.15, -0.1) is 0 Å². The molecule has 4 aliphatic rings. The van der Waals surface area contributed by atoms with E-state index in [-0.39, 0.29) is 34.7 Å². The third-order valence-electron chi connectivity index (χ3n) is 9.01. The summed E-state index contributed by atoms with van der Waals surface area (Å²) in [4.78, 5) is 26.2. The summed E-state index contributed by atoms with van der Waals surface area (Å²) >= 11 is 0. The monoisotopic (exact) mass is 365 g/mol. The maximum atomic E-state index is 14.5. The first kappa shape index (κ1) is 18.2. The number of alkyl halides is 1. The van der Waals surface area contributed by atoms with Gasteiger partial charge < -0.3 is 9.64 Å². The molecule has 0 spiro atoms. The summed E-state index contributed by atoms with van der Waals surface area (Å²) in [5.74, 6) is 1.12. The Labute approximate surface area is 155 Å². The molecule has 4 fully saturated rings. The van der Waals surface area contributed by atoms with E-state index in [0.29, 0.717) is 24.2 Å². The Hall–Kier alpha value is -1.13. The largest absolute Gasteiger partial charge is 0.469 e. The van der Waals surface area contributed by atoms with E-state index in [1.54, 1.807) is 11.9 Å². The molecule has 0 N–H and O–H groups in total. The van der Waals surface area contributed by atoms with E-state index in [0.717, 1.165) is 38.5 Å². The van der Waals surface area contributed by atoms with Crippen LogP contribution in [0.15, 0.2) is 0 Å². The van der Waals surface area contributed by atoms with E-state index >= 15 is 0 Å². The Morgan fingerprint density at radius 3 is 2.50 bits per heavy atom. The third kappa shape index (κ3) is 2.24. The summed E-state index contributed by atoms with van der Waals surface area (Å²) in [5.41, 5.74) is -0.126. The minimum absolute atomic E-state index is 0.00788. The lowest BCUT2D eigenvalue weighted by Gasteiger charge is -2.62. The van der Waals surface area contributed by atoms with Crippen LogP contribution in [0.25, 0.3) is 0 Å². The number of esters is 1. The highest BCUT2D eigenvalue weighted by Gasteiger charge is 2.63. The highest BCUT2D eigenvalue weighted by Crippen LogP contribution is 2.66. The summed E-state index contributed by atoms with van der Waals surface area (Å²) in [7, 11) is 3.28. The number of hydrogen-bond acceptors (Lipinski definition) is 3. The maximum absolute atomic E-state index is 14.5. The topological polar surface area (TPSA) is 46.6 Å². The van der Waals surface area contributed by atoms with Gasteiger partial charge in [0.25, 0.3) is 5.91 Å². The summed E-state index contributed by atoms with van der Waals surface area (Å²) < 4.78 is 19.6. The Morgan fingerprint density at radius 2 is 1.81 bits per heavy atom. The molecular weight excluding hydrogens is 333 g/mol. The Bertz CT molecular complexity index is 624. The molecule has 3 saturated carbocycles. The molecule has 0 aromatic carbocycles. The Kier molecular flexibility index (Phi) is 4.16. The van der Waals surface area contributed by atoms with Crippen LogP contribution in [-0.4, -0.2) is 43.1 Å². The predicted molar refractivity (Wildman–Crippen MR) is 96.0 cm³/mol. The van der Waals surface area contributed by atoms with Crippen molar-refractivity contribution in [2.45, 2.75) is 71.0 Å². The molecule has 26 heavy (non-hydrogen) atoms. The molecule has 0 aromatic heterocycles. The zero-order valence-electron chi connectivity index (χ0n) is 16.5. The van der Waals surface area contributed by atoms with Crippen LogP contribution in [0, 0.1) is 34.5 Å². The molecule has 4 rings (SSSR count). The van der Waals surface area contributed by atoms with Gasteiger partial charge in [0.1, 0.15) is 0 Å². The lowest BCUT2D eigenvalue weighted by Crippen LogP contribution is -2.64. The molecule has 1 aliphatic heterocycles. The molecule has 0 bridgehead atoms. The van der Waals surface area contributed by atoms with E-state index in [1.807, 2.05) is 0 Å². The van der Waals surface area contributed by atoms with Crippen molar-refractivity contribution in [1.82, 2.24) is 4.90 Å². The van der Waals surface area contributed by atoms with Gasteiger partial charge in [0.15, 0.2) is 6.17 Å². The first-order chi connectivity index (χ1) is 12.2. The Balaban J connectivity index is 1.64. The molecular formula is C21H32FNO3. The summed E-state index contributed by atoms with van der Waals surface area (Å²) in [5, 5.41) is 0. The summed E-state index contributed by atoms with van der Waals surface area (Å²) in [6.07, 6.45) is 5.09. The van der Waals surface area contributed by atoms with Gasteiger partial charge in [0.2, 0.25) is 0 Å². The van der Waals surface area contributed by atoms with E-state index < -0.39 is 6.17 Å². The van der Waals surface area contributed by atoms with Crippen LogP contribution in [0.3, 0.4) is 0 Å². The second-order valence-corrected chi connectivity index (χ2v) is 9.79. The van der Waals surface area contributed by atoms with Crippen LogP contribution in [0.1, 0.15) is 58.8 Å². The van der Waals surface area contributed by atoms with Crippen LogP contribution < -0.4 is 0 Å². The highest BCUT2D eigenvalue weighted by atomic mass is 19.1. The quantitative estimate of drug-likeness (QED) is 0.667. The number of carbonyl (C=O) groups is 2. The number of amides is 1. The minimum Gasteiger partial charge on any atom is -0.469 e. The number of nitrogens with zero attached hydrogens (tertiary/aromatic N) is 1. The number of carbonyl (C=O) groups excluding carboxylic acids is 2. The average Bonchev–Trinajstić information content (AvgIpc) is 2.96. The first-order valence-electron chi connectivity index (χ1n) is 10.2. The molecule has 3 unspecified atom stereocenters. The molecule has 8 atom stereocenters. The van der Waals surface area contributed by atoms with Crippen LogP contribution >= 0.6 is 0 Å². The molecule has 1 amide bonds. The van der Waals surface area contributed by atoms with Gasteiger partial charge in [0, 0.05) is 13.1 Å². The first-order valence-corrected chi connectivity index (χ1v) is 10.2. The number of methoxy groups -OCH3 is 1. The number of likely N-dealkylation sites (tertiary alicyclic amines) is 1. The summed E-state index contributed by atoms with van der Waals surface area (Å²) in [6, 6.07) is 0.158. The van der Waals surface area contributed by atoms with Crippen LogP contribution in [0.4, 0.5) is 4.39 Å². The lowest BCUT2D eigenvalue weighted by molar-refractivity contribution is -0.171. The lowest BCUT2D eigenvalue weighted by atomic mass is 9.46. The molecule has 146 valence electrons. The van der Waals surface area contributed by atoms with Gasteiger partial charge in [-0.25, -0.2) is 4.39 Å². The molecule has 0 aromatic rings. The molecule has 1 saturated heterocycles. The van der Waals surface area contributed by atoms with Crippen LogP contribution in [0.5, 0.6) is 0 Å². The molecule has 4 nitrogen and oxygen atoms in total. The van der Waals surface area contributed by atoms with Gasteiger partial charge >= 0.3 is 5.97 Å². The molecule has 3 aliphatic carbocycles. The zero-order chi connectivity index (χ0) is 18.9. The van der Waals surface area contributed by atoms with Crippen LogP contribution in [0.2, 0.25) is 0 Å². The van der Waals surface area contributed by atoms with Crippen molar-refractivity contribution in [2.24, 2.45) is 34.5 Å². The number of ether oxygens (including phenoxy) is 1.